The number of anilines is 1. The number of nitrogens with one attached hydrogen (secondary N) is 1. The topological polar surface area (TPSA) is 76.0 Å². The predicted octanol–water partition coefficient (Wildman–Crippen LogP) is 3.48. The van der Waals surface area contributed by atoms with Gasteiger partial charge in [-0.25, -0.2) is 0 Å². The van der Waals surface area contributed by atoms with Crippen molar-refractivity contribution in [3.63, 3.8) is 0 Å². The van der Waals surface area contributed by atoms with E-state index in [4.69, 9.17) is 12.2 Å². The minimum absolute atomic E-state index is 0.0228. The van der Waals surface area contributed by atoms with Gasteiger partial charge in [0.05, 0.1) is 11.7 Å². The molecule has 0 aliphatic rings. The highest BCUT2D eigenvalue weighted by Gasteiger charge is 2.30. The number of thiocarbonyl (C=S) groups is 1. The fourth-order valence-corrected chi connectivity index (χ4v) is 2.38. The standard InChI is InChI=1S/C17H17F3N2O3S/c1-22(9-15(25)10-5-6-13(23)14(24)7-10)16(26)21-12-4-2-3-11(8-12)17(18,19)20/h2-8,15,23-25H,9H2,1H3,(H,21,26). The molecule has 1 atom stereocenters. The van der Waals surface area contributed by atoms with Crippen LogP contribution in [-0.2, 0) is 6.18 Å². The molecule has 2 aromatic rings. The van der Waals surface area contributed by atoms with E-state index in [1.165, 1.54) is 35.2 Å². The summed E-state index contributed by atoms with van der Waals surface area (Å²) >= 11 is 5.14. The first kappa shape index (κ1) is 19.8. The zero-order chi connectivity index (χ0) is 19.5. The molecule has 0 saturated carbocycles. The van der Waals surface area contributed by atoms with Gasteiger partial charge in [0.25, 0.3) is 0 Å². The number of hydrogen-bond acceptors (Lipinski definition) is 4. The van der Waals surface area contributed by atoms with Gasteiger partial charge in [0.15, 0.2) is 16.6 Å². The van der Waals surface area contributed by atoms with Gasteiger partial charge < -0.3 is 25.5 Å². The van der Waals surface area contributed by atoms with E-state index in [0.29, 0.717) is 5.56 Å². The lowest BCUT2D eigenvalue weighted by molar-refractivity contribution is -0.137. The number of phenols is 2. The normalized spacial score (nSPS) is 12.5. The van der Waals surface area contributed by atoms with Crippen LogP contribution in [0.1, 0.15) is 17.2 Å². The van der Waals surface area contributed by atoms with Gasteiger partial charge >= 0.3 is 6.18 Å². The van der Waals surface area contributed by atoms with Crippen molar-refractivity contribution in [2.24, 2.45) is 0 Å². The van der Waals surface area contributed by atoms with Crippen molar-refractivity contribution in [3.05, 3.63) is 53.6 Å². The molecular formula is C17H17F3N2O3S. The van der Waals surface area contributed by atoms with Crippen LogP contribution in [0.25, 0.3) is 0 Å². The van der Waals surface area contributed by atoms with Crippen molar-refractivity contribution in [3.8, 4) is 11.5 Å². The Bertz CT molecular complexity index is 799. The first-order valence-corrected chi connectivity index (χ1v) is 7.88. The molecule has 0 saturated heterocycles. The van der Waals surface area contributed by atoms with Crippen molar-refractivity contribution in [1.82, 2.24) is 4.90 Å². The Labute approximate surface area is 153 Å². The van der Waals surface area contributed by atoms with Crippen LogP contribution in [0.4, 0.5) is 18.9 Å². The van der Waals surface area contributed by atoms with Gasteiger partial charge in [-0.15, -0.1) is 0 Å². The lowest BCUT2D eigenvalue weighted by atomic mass is 10.1. The van der Waals surface area contributed by atoms with E-state index in [9.17, 15) is 28.5 Å². The van der Waals surface area contributed by atoms with Gasteiger partial charge in [0.2, 0.25) is 0 Å². The Balaban J connectivity index is 2.02. The number of rotatable bonds is 4. The van der Waals surface area contributed by atoms with E-state index in [0.717, 1.165) is 12.1 Å². The molecule has 0 bridgehead atoms. The molecule has 0 radical (unpaired) electrons. The third kappa shape index (κ3) is 4.99. The molecule has 2 rings (SSSR count). The van der Waals surface area contributed by atoms with E-state index >= 15 is 0 Å². The van der Waals surface area contributed by atoms with Crippen LogP contribution in [0.5, 0.6) is 11.5 Å². The van der Waals surface area contributed by atoms with E-state index in [2.05, 4.69) is 5.32 Å². The first-order chi connectivity index (χ1) is 12.1. The average Bonchev–Trinajstić information content (AvgIpc) is 2.56. The minimum atomic E-state index is -4.46. The number of aromatic hydroxyl groups is 2. The number of alkyl halides is 3. The highest BCUT2D eigenvalue weighted by molar-refractivity contribution is 7.80. The van der Waals surface area contributed by atoms with E-state index in [-0.39, 0.29) is 28.8 Å². The van der Waals surface area contributed by atoms with Crippen LogP contribution in [0.2, 0.25) is 0 Å². The molecule has 0 amide bonds. The highest BCUT2D eigenvalue weighted by Crippen LogP contribution is 2.31. The second kappa shape index (κ2) is 7.79. The van der Waals surface area contributed by atoms with Gasteiger partial charge in [-0.2, -0.15) is 13.2 Å². The van der Waals surface area contributed by atoms with Crippen LogP contribution < -0.4 is 5.32 Å². The van der Waals surface area contributed by atoms with Crippen LogP contribution in [-0.4, -0.2) is 38.9 Å². The molecule has 9 heteroatoms. The zero-order valence-corrected chi connectivity index (χ0v) is 14.5. The molecule has 0 heterocycles. The molecule has 5 nitrogen and oxygen atoms in total. The Morgan fingerprint density at radius 3 is 2.46 bits per heavy atom. The zero-order valence-electron chi connectivity index (χ0n) is 13.7. The number of likely N-dealkylation sites (N-methyl/N-ethyl adjacent to an activating group) is 1. The van der Waals surface area contributed by atoms with E-state index in [1.54, 1.807) is 7.05 Å². The molecule has 2 aromatic carbocycles. The van der Waals surface area contributed by atoms with Crippen LogP contribution in [0, 0.1) is 0 Å². The number of aliphatic hydroxyl groups excluding tert-OH is 1. The molecule has 4 N–H and O–H groups in total. The van der Waals surface area contributed by atoms with E-state index < -0.39 is 17.8 Å². The Hall–Kier alpha value is -2.52. The number of hydrogen-bond donors (Lipinski definition) is 4. The van der Waals surface area contributed by atoms with Gasteiger partial charge in [0, 0.05) is 19.3 Å². The second-order valence-electron chi connectivity index (χ2n) is 5.65. The number of aliphatic hydroxyl groups is 1. The van der Waals surface area contributed by atoms with Gasteiger partial charge in [-0.05, 0) is 48.1 Å². The number of halogens is 3. The molecule has 0 fully saturated rings. The quantitative estimate of drug-likeness (QED) is 0.476. The fourth-order valence-electron chi connectivity index (χ4n) is 2.19. The van der Waals surface area contributed by atoms with Crippen LogP contribution in [0.3, 0.4) is 0 Å². The van der Waals surface area contributed by atoms with Gasteiger partial charge in [0.1, 0.15) is 0 Å². The van der Waals surface area contributed by atoms with Crippen molar-refractivity contribution in [1.29, 1.82) is 0 Å². The second-order valence-corrected chi connectivity index (χ2v) is 6.04. The van der Waals surface area contributed by atoms with Crippen LogP contribution >= 0.6 is 12.2 Å². The first-order valence-electron chi connectivity index (χ1n) is 7.47. The predicted molar refractivity (Wildman–Crippen MR) is 95.0 cm³/mol. The SMILES string of the molecule is CN(CC(O)c1ccc(O)c(O)c1)C(=S)Nc1cccc(C(F)(F)F)c1. The largest absolute Gasteiger partial charge is 0.504 e. The summed E-state index contributed by atoms with van der Waals surface area (Å²) < 4.78 is 38.2. The molecule has 0 aliphatic carbocycles. The third-order valence-corrected chi connectivity index (χ3v) is 4.03. The average molecular weight is 386 g/mol. The summed E-state index contributed by atoms with van der Waals surface area (Å²) in [4.78, 5) is 1.45. The maximum absolute atomic E-state index is 12.7. The van der Waals surface area contributed by atoms with Crippen LogP contribution in [0.15, 0.2) is 42.5 Å². The Kier molecular flexibility index (Phi) is 5.94. The van der Waals surface area contributed by atoms with E-state index in [1.807, 2.05) is 0 Å². The monoisotopic (exact) mass is 386 g/mol. The fraction of sp³-hybridized carbons (Fsp3) is 0.235. The highest BCUT2D eigenvalue weighted by atomic mass is 32.1. The summed E-state index contributed by atoms with van der Waals surface area (Å²) in [5.41, 5.74) is -0.269. The minimum Gasteiger partial charge on any atom is -0.504 e. The smallest absolute Gasteiger partial charge is 0.416 e. The summed E-state index contributed by atoms with van der Waals surface area (Å²) in [5.74, 6) is -0.676. The lowest BCUT2D eigenvalue weighted by Gasteiger charge is -2.24. The third-order valence-electron chi connectivity index (χ3n) is 3.62. The molecule has 26 heavy (non-hydrogen) atoms. The number of phenolic OH excluding ortho intramolecular Hbond substituents is 2. The van der Waals surface area contributed by atoms with Crippen molar-refractivity contribution >= 4 is 23.0 Å². The maximum Gasteiger partial charge on any atom is 0.416 e. The molecule has 0 aromatic heterocycles. The van der Waals surface area contributed by atoms with Gasteiger partial charge in [-0.3, -0.25) is 0 Å². The summed E-state index contributed by atoms with van der Waals surface area (Å²) in [6.07, 6.45) is -5.49. The Morgan fingerprint density at radius 2 is 1.85 bits per heavy atom. The van der Waals surface area contributed by atoms with Crippen molar-refractivity contribution in [2.45, 2.75) is 12.3 Å². The van der Waals surface area contributed by atoms with Gasteiger partial charge in [-0.1, -0.05) is 12.1 Å². The summed E-state index contributed by atoms with van der Waals surface area (Å²) in [6, 6.07) is 8.51. The Morgan fingerprint density at radius 1 is 1.15 bits per heavy atom. The van der Waals surface area contributed by atoms with Crippen molar-refractivity contribution < 1.29 is 28.5 Å². The molecule has 0 aliphatic heterocycles. The molecule has 140 valence electrons. The summed E-state index contributed by atoms with van der Waals surface area (Å²) in [7, 11) is 1.56. The maximum atomic E-state index is 12.7. The summed E-state index contributed by atoms with van der Waals surface area (Å²) in [6.45, 7) is 0.0228. The lowest BCUT2D eigenvalue weighted by Crippen LogP contribution is -2.34. The number of nitrogens with zero attached hydrogens (tertiary/aromatic N) is 1. The number of benzene rings is 2. The molecule has 1 unspecified atom stereocenters. The molecule has 0 spiro atoms. The summed E-state index contributed by atoms with van der Waals surface area (Å²) in [5, 5.41) is 31.8. The van der Waals surface area contributed by atoms with Crippen molar-refractivity contribution in [2.75, 3.05) is 18.9 Å². The molecular weight excluding hydrogens is 369 g/mol.